The van der Waals surface area contributed by atoms with Gasteiger partial charge in [0.15, 0.2) is 0 Å². The monoisotopic (exact) mass is 248 g/mol. The van der Waals surface area contributed by atoms with E-state index >= 15 is 0 Å². The molecule has 2 rings (SSSR count). The molecular formula is C14H10Cl2. The summed E-state index contributed by atoms with van der Waals surface area (Å²) in [7, 11) is 0. The number of rotatable bonds is 2. The van der Waals surface area contributed by atoms with Crippen LogP contribution in [0.25, 0.3) is 17.2 Å². The molecular weight excluding hydrogens is 239 g/mol. The molecule has 2 heteroatoms. The molecule has 0 amide bonds. The molecule has 2 aromatic carbocycles. The normalized spacial score (nSPS) is 10.1. The molecule has 0 fully saturated rings. The lowest BCUT2D eigenvalue weighted by molar-refractivity contribution is 1.60. The van der Waals surface area contributed by atoms with Gasteiger partial charge in [0.05, 0.1) is 10.0 Å². The Bertz CT molecular complexity index is 530. The van der Waals surface area contributed by atoms with Crippen molar-refractivity contribution in [2.45, 2.75) is 0 Å². The van der Waals surface area contributed by atoms with Gasteiger partial charge in [-0.25, -0.2) is 0 Å². The van der Waals surface area contributed by atoms with Gasteiger partial charge < -0.3 is 0 Å². The maximum atomic E-state index is 5.99. The van der Waals surface area contributed by atoms with Gasteiger partial charge in [-0.2, -0.15) is 0 Å². The van der Waals surface area contributed by atoms with Gasteiger partial charge in [0, 0.05) is 0 Å². The lowest BCUT2D eigenvalue weighted by Crippen LogP contribution is -1.80. The largest absolute Gasteiger partial charge is 0.0985 e. The fourth-order valence-electron chi connectivity index (χ4n) is 1.52. The van der Waals surface area contributed by atoms with Crippen LogP contribution in [0.4, 0.5) is 0 Å². The molecule has 0 radical (unpaired) electrons. The van der Waals surface area contributed by atoms with Crippen LogP contribution in [0.3, 0.4) is 0 Å². The summed E-state index contributed by atoms with van der Waals surface area (Å²) >= 11 is 11.9. The first-order chi connectivity index (χ1) is 7.70. The third-order valence-corrected chi connectivity index (χ3v) is 3.11. The van der Waals surface area contributed by atoms with Gasteiger partial charge in [0.2, 0.25) is 0 Å². The molecule has 2 aromatic rings. The van der Waals surface area contributed by atoms with Gasteiger partial charge in [0.25, 0.3) is 0 Å². The lowest BCUT2D eigenvalue weighted by atomic mass is 10.0. The molecule has 0 bridgehead atoms. The Morgan fingerprint density at radius 1 is 0.875 bits per heavy atom. The summed E-state index contributed by atoms with van der Waals surface area (Å²) in [5.41, 5.74) is 3.25. The zero-order valence-corrected chi connectivity index (χ0v) is 10.1. The van der Waals surface area contributed by atoms with Crippen LogP contribution in [-0.2, 0) is 0 Å². The van der Waals surface area contributed by atoms with Crippen molar-refractivity contribution in [2.24, 2.45) is 0 Å². The summed E-state index contributed by atoms with van der Waals surface area (Å²) in [5, 5.41) is 1.15. The molecule has 80 valence electrons. The molecule has 0 saturated heterocycles. The molecule has 0 unspecified atom stereocenters. The second-order valence-electron chi connectivity index (χ2n) is 3.46. The lowest BCUT2D eigenvalue weighted by Gasteiger charge is -2.04. The first-order valence-electron chi connectivity index (χ1n) is 4.88. The standard InChI is InChI=1S/C14H10Cl2/c1-2-10-4-3-5-11(8-10)12-6-7-13(15)14(16)9-12/h2-9H,1H2. The van der Waals surface area contributed by atoms with Crippen molar-refractivity contribution in [1.82, 2.24) is 0 Å². The van der Waals surface area contributed by atoms with Crippen LogP contribution < -0.4 is 0 Å². The highest BCUT2D eigenvalue weighted by Crippen LogP contribution is 2.28. The zero-order chi connectivity index (χ0) is 11.5. The van der Waals surface area contributed by atoms with E-state index in [2.05, 4.69) is 12.6 Å². The fraction of sp³-hybridized carbons (Fsp3) is 0. The molecule has 0 N–H and O–H groups in total. The predicted octanol–water partition coefficient (Wildman–Crippen LogP) is 5.30. The van der Waals surface area contributed by atoms with Crippen LogP contribution in [0.15, 0.2) is 49.0 Å². The minimum atomic E-state index is 0.572. The van der Waals surface area contributed by atoms with E-state index in [0.29, 0.717) is 10.0 Å². The SMILES string of the molecule is C=Cc1cccc(-c2ccc(Cl)c(Cl)c2)c1. The van der Waals surface area contributed by atoms with E-state index < -0.39 is 0 Å². The van der Waals surface area contributed by atoms with Crippen molar-refractivity contribution >= 4 is 29.3 Å². The predicted molar refractivity (Wildman–Crippen MR) is 72.0 cm³/mol. The number of hydrogen-bond donors (Lipinski definition) is 0. The Morgan fingerprint density at radius 2 is 1.62 bits per heavy atom. The average molecular weight is 249 g/mol. The highest BCUT2D eigenvalue weighted by Gasteiger charge is 2.02. The summed E-state index contributed by atoms with van der Waals surface area (Å²) in [6.45, 7) is 3.75. The van der Waals surface area contributed by atoms with Gasteiger partial charge in [-0.15, -0.1) is 0 Å². The molecule has 16 heavy (non-hydrogen) atoms. The average Bonchev–Trinajstić information content (AvgIpc) is 2.33. The molecule has 0 aromatic heterocycles. The summed E-state index contributed by atoms with van der Waals surface area (Å²) in [5.74, 6) is 0. The van der Waals surface area contributed by atoms with Crippen molar-refractivity contribution in [1.29, 1.82) is 0 Å². The highest BCUT2D eigenvalue weighted by atomic mass is 35.5. The summed E-state index contributed by atoms with van der Waals surface area (Å²) in [6.07, 6.45) is 1.82. The molecule has 0 nitrogen and oxygen atoms in total. The smallest absolute Gasteiger partial charge is 0.0598 e. The Kier molecular flexibility index (Phi) is 3.33. The van der Waals surface area contributed by atoms with E-state index in [-0.39, 0.29) is 0 Å². The van der Waals surface area contributed by atoms with E-state index in [0.717, 1.165) is 16.7 Å². The van der Waals surface area contributed by atoms with Crippen molar-refractivity contribution in [2.75, 3.05) is 0 Å². The minimum absolute atomic E-state index is 0.572. The zero-order valence-electron chi connectivity index (χ0n) is 8.58. The van der Waals surface area contributed by atoms with Crippen molar-refractivity contribution < 1.29 is 0 Å². The molecule has 0 heterocycles. The Balaban J connectivity index is 2.49. The van der Waals surface area contributed by atoms with Crippen molar-refractivity contribution in [3.8, 4) is 11.1 Å². The van der Waals surface area contributed by atoms with Gasteiger partial charge >= 0.3 is 0 Å². The third-order valence-electron chi connectivity index (χ3n) is 2.38. The van der Waals surface area contributed by atoms with Crippen LogP contribution in [0, 0.1) is 0 Å². The topological polar surface area (TPSA) is 0 Å². The minimum Gasteiger partial charge on any atom is -0.0985 e. The maximum absolute atomic E-state index is 5.99. The van der Waals surface area contributed by atoms with Crippen LogP contribution in [0.2, 0.25) is 10.0 Å². The summed E-state index contributed by atoms with van der Waals surface area (Å²) in [4.78, 5) is 0. The Morgan fingerprint density at radius 3 is 2.31 bits per heavy atom. The molecule has 0 aliphatic rings. The summed E-state index contributed by atoms with van der Waals surface area (Å²) in [6, 6.07) is 13.7. The second kappa shape index (κ2) is 4.73. The van der Waals surface area contributed by atoms with E-state index in [4.69, 9.17) is 23.2 Å². The molecule has 0 spiro atoms. The third kappa shape index (κ3) is 2.29. The van der Waals surface area contributed by atoms with Crippen LogP contribution in [-0.4, -0.2) is 0 Å². The molecule has 0 aliphatic heterocycles. The summed E-state index contributed by atoms with van der Waals surface area (Å²) < 4.78 is 0. The Labute approximate surface area is 105 Å². The van der Waals surface area contributed by atoms with Gasteiger partial charge in [0.1, 0.15) is 0 Å². The Hall–Kier alpha value is -1.24. The quantitative estimate of drug-likeness (QED) is 0.677. The maximum Gasteiger partial charge on any atom is 0.0598 e. The van der Waals surface area contributed by atoms with Gasteiger partial charge in [-0.3, -0.25) is 0 Å². The van der Waals surface area contributed by atoms with Crippen LogP contribution in [0.5, 0.6) is 0 Å². The van der Waals surface area contributed by atoms with E-state index in [1.54, 1.807) is 6.07 Å². The van der Waals surface area contributed by atoms with E-state index in [9.17, 15) is 0 Å². The van der Waals surface area contributed by atoms with E-state index in [1.165, 1.54) is 0 Å². The van der Waals surface area contributed by atoms with E-state index in [1.807, 2.05) is 36.4 Å². The van der Waals surface area contributed by atoms with Crippen LogP contribution >= 0.6 is 23.2 Å². The number of hydrogen-bond acceptors (Lipinski definition) is 0. The van der Waals surface area contributed by atoms with Crippen LogP contribution in [0.1, 0.15) is 5.56 Å². The second-order valence-corrected chi connectivity index (χ2v) is 4.27. The van der Waals surface area contributed by atoms with Crippen molar-refractivity contribution in [3.63, 3.8) is 0 Å². The first kappa shape index (κ1) is 11.3. The number of benzene rings is 2. The van der Waals surface area contributed by atoms with Crippen molar-refractivity contribution in [3.05, 3.63) is 64.7 Å². The van der Waals surface area contributed by atoms with Gasteiger partial charge in [-0.1, -0.05) is 60.1 Å². The molecule has 0 atom stereocenters. The van der Waals surface area contributed by atoms with Gasteiger partial charge in [-0.05, 0) is 34.9 Å². The number of halogens is 2. The molecule has 0 aliphatic carbocycles. The fourth-order valence-corrected chi connectivity index (χ4v) is 1.82. The molecule has 0 saturated carbocycles. The highest BCUT2D eigenvalue weighted by molar-refractivity contribution is 6.42. The first-order valence-corrected chi connectivity index (χ1v) is 5.64.